The summed E-state index contributed by atoms with van der Waals surface area (Å²) in [5.74, 6) is 0.330. The normalized spacial score (nSPS) is 15.3. The molecular formula is C21H19Cl2N3O. The number of aromatic nitrogens is 2. The maximum atomic E-state index is 12.3. The van der Waals surface area contributed by atoms with Crippen LogP contribution >= 0.6 is 23.2 Å². The van der Waals surface area contributed by atoms with Crippen LogP contribution in [-0.2, 0) is 0 Å². The molecule has 1 N–H and O–H groups in total. The lowest BCUT2D eigenvalue weighted by molar-refractivity contribution is 0.578. The molecule has 1 saturated heterocycles. The summed E-state index contributed by atoms with van der Waals surface area (Å²) in [5.41, 5.74) is 2.47. The van der Waals surface area contributed by atoms with Crippen molar-refractivity contribution in [3.63, 3.8) is 0 Å². The Hall–Kier alpha value is -2.30. The lowest BCUT2D eigenvalue weighted by Gasteiger charge is -2.28. The maximum Gasteiger partial charge on any atom is 0.259 e. The average molecular weight is 400 g/mol. The van der Waals surface area contributed by atoms with E-state index in [1.165, 1.54) is 24.9 Å². The van der Waals surface area contributed by atoms with Crippen LogP contribution in [0.25, 0.3) is 22.0 Å². The van der Waals surface area contributed by atoms with Crippen molar-refractivity contribution in [2.45, 2.75) is 19.3 Å². The van der Waals surface area contributed by atoms with E-state index in [2.05, 4.69) is 27.0 Å². The first-order chi connectivity index (χ1) is 13.1. The predicted octanol–water partition coefficient (Wildman–Crippen LogP) is 5.30. The van der Waals surface area contributed by atoms with Crippen molar-refractivity contribution in [2.24, 2.45) is 0 Å². The van der Waals surface area contributed by atoms with E-state index in [4.69, 9.17) is 23.2 Å². The fourth-order valence-electron chi connectivity index (χ4n) is 3.37. The number of halogens is 2. The van der Waals surface area contributed by atoms with Gasteiger partial charge in [0.1, 0.15) is 0 Å². The van der Waals surface area contributed by atoms with Gasteiger partial charge in [0.25, 0.3) is 5.56 Å². The van der Waals surface area contributed by atoms with Crippen LogP contribution in [0.3, 0.4) is 0 Å². The summed E-state index contributed by atoms with van der Waals surface area (Å²) in [4.78, 5) is 21.8. The number of benzene rings is 2. The summed E-state index contributed by atoms with van der Waals surface area (Å²) in [6.45, 7) is 2.22. The molecule has 4 nitrogen and oxygen atoms in total. The zero-order valence-electron chi connectivity index (χ0n) is 14.7. The van der Waals surface area contributed by atoms with Crippen LogP contribution < -0.4 is 10.5 Å². The molecule has 2 heterocycles. The Morgan fingerprint density at radius 1 is 1.07 bits per heavy atom. The molecule has 0 spiro atoms. The molecule has 4 rings (SSSR count). The molecule has 138 valence electrons. The van der Waals surface area contributed by atoms with Gasteiger partial charge in [-0.05, 0) is 61.2 Å². The first kappa shape index (κ1) is 18.1. The van der Waals surface area contributed by atoms with E-state index in [0.717, 1.165) is 18.7 Å². The molecule has 27 heavy (non-hydrogen) atoms. The second kappa shape index (κ2) is 7.75. The highest BCUT2D eigenvalue weighted by Gasteiger charge is 2.11. The number of fused-ring (bicyclic) bond motifs is 1. The standard InChI is InChI=1S/C21H19Cl2N3O/c22-15-6-9-17-19(13-15)24-20(25-21(17)27)18(23)12-14-4-7-16(8-5-14)26-10-2-1-3-11-26/h4-9,12-13H,1-3,10-11H2,(H,24,25,27)/b18-12-. The molecule has 0 bridgehead atoms. The molecule has 1 aliphatic rings. The summed E-state index contributed by atoms with van der Waals surface area (Å²) < 4.78 is 0. The topological polar surface area (TPSA) is 49.0 Å². The average Bonchev–Trinajstić information content (AvgIpc) is 2.69. The lowest BCUT2D eigenvalue weighted by atomic mass is 10.1. The third-order valence-corrected chi connectivity index (χ3v) is 5.33. The van der Waals surface area contributed by atoms with Gasteiger partial charge in [-0.1, -0.05) is 35.3 Å². The van der Waals surface area contributed by atoms with Gasteiger partial charge in [0.2, 0.25) is 0 Å². The maximum absolute atomic E-state index is 12.3. The fraction of sp³-hybridized carbons (Fsp3) is 0.238. The minimum absolute atomic E-state index is 0.237. The Labute approximate surface area is 167 Å². The molecule has 0 unspecified atom stereocenters. The van der Waals surface area contributed by atoms with Crippen LogP contribution in [0.2, 0.25) is 5.02 Å². The van der Waals surface area contributed by atoms with Crippen molar-refractivity contribution >= 4 is 50.9 Å². The second-order valence-corrected chi connectivity index (χ2v) is 7.55. The van der Waals surface area contributed by atoms with E-state index in [-0.39, 0.29) is 5.56 Å². The molecule has 0 saturated carbocycles. The summed E-state index contributed by atoms with van der Waals surface area (Å²) in [7, 11) is 0. The largest absolute Gasteiger partial charge is 0.372 e. The van der Waals surface area contributed by atoms with E-state index in [9.17, 15) is 4.79 Å². The Morgan fingerprint density at radius 2 is 1.81 bits per heavy atom. The molecule has 0 radical (unpaired) electrons. The number of nitrogens with one attached hydrogen (secondary N) is 1. The zero-order valence-corrected chi connectivity index (χ0v) is 16.2. The highest BCUT2D eigenvalue weighted by Crippen LogP contribution is 2.24. The van der Waals surface area contributed by atoms with Gasteiger partial charge >= 0.3 is 0 Å². The SMILES string of the molecule is O=c1[nH]c(/C(Cl)=C/c2ccc(N3CCCCC3)cc2)nc2cc(Cl)ccc12. The number of H-pyrrole nitrogens is 1. The van der Waals surface area contributed by atoms with Crippen LogP contribution in [0.15, 0.2) is 47.3 Å². The van der Waals surface area contributed by atoms with E-state index >= 15 is 0 Å². The number of piperidine rings is 1. The number of hydrogen-bond acceptors (Lipinski definition) is 3. The number of hydrogen-bond donors (Lipinski definition) is 1. The first-order valence-corrected chi connectivity index (χ1v) is 9.78. The van der Waals surface area contributed by atoms with E-state index in [1.54, 1.807) is 24.3 Å². The van der Waals surface area contributed by atoms with Gasteiger partial charge in [0, 0.05) is 23.8 Å². The van der Waals surface area contributed by atoms with Crippen molar-refractivity contribution in [3.8, 4) is 0 Å². The van der Waals surface area contributed by atoms with Crippen molar-refractivity contribution < 1.29 is 0 Å². The first-order valence-electron chi connectivity index (χ1n) is 9.02. The van der Waals surface area contributed by atoms with Gasteiger partial charge < -0.3 is 9.88 Å². The number of nitrogens with zero attached hydrogens (tertiary/aromatic N) is 2. The minimum atomic E-state index is -0.237. The van der Waals surface area contributed by atoms with Gasteiger partial charge in [0.05, 0.1) is 15.9 Å². The van der Waals surface area contributed by atoms with Gasteiger partial charge in [0.15, 0.2) is 5.82 Å². The Balaban J connectivity index is 1.62. The third kappa shape index (κ3) is 4.02. The number of aromatic amines is 1. The monoisotopic (exact) mass is 399 g/mol. The van der Waals surface area contributed by atoms with E-state index in [0.29, 0.717) is 26.8 Å². The summed E-state index contributed by atoms with van der Waals surface area (Å²) in [6, 6.07) is 13.3. The van der Waals surface area contributed by atoms with Gasteiger partial charge in [-0.15, -0.1) is 0 Å². The van der Waals surface area contributed by atoms with Crippen molar-refractivity contribution in [2.75, 3.05) is 18.0 Å². The molecule has 1 aliphatic heterocycles. The number of anilines is 1. The van der Waals surface area contributed by atoms with Crippen molar-refractivity contribution in [3.05, 3.63) is 69.2 Å². The molecule has 2 aromatic carbocycles. The molecule has 0 atom stereocenters. The van der Waals surface area contributed by atoms with Crippen LogP contribution in [0.5, 0.6) is 0 Å². The third-order valence-electron chi connectivity index (χ3n) is 4.80. The van der Waals surface area contributed by atoms with Crippen LogP contribution in [0.4, 0.5) is 5.69 Å². The van der Waals surface area contributed by atoms with E-state index < -0.39 is 0 Å². The van der Waals surface area contributed by atoms with Gasteiger partial charge in [-0.2, -0.15) is 0 Å². The van der Waals surface area contributed by atoms with Crippen molar-refractivity contribution in [1.29, 1.82) is 0 Å². The number of rotatable bonds is 3. The van der Waals surface area contributed by atoms with Crippen LogP contribution in [-0.4, -0.2) is 23.1 Å². The Kier molecular flexibility index (Phi) is 5.19. The smallest absolute Gasteiger partial charge is 0.259 e. The quantitative estimate of drug-likeness (QED) is 0.649. The summed E-state index contributed by atoms with van der Waals surface area (Å²) in [6.07, 6.45) is 5.61. The van der Waals surface area contributed by atoms with Gasteiger partial charge in [-0.25, -0.2) is 4.98 Å². The highest BCUT2D eigenvalue weighted by molar-refractivity contribution is 6.50. The predicted molar refractivity (Wildman–Crippen MR) is 114 cm³/mol. The zero-order chi connectivity index (χ0) is 18.8. The molecule has 1 fully saturated rings. The lowest BCUT2D eigenvalue weighted by Crippen LogP contribution is -2.29. The van der Waals surface area contributed by atoms with Gasteiger partial charge in [-0.3, -0.25) is 4.79 Å². The van der Waals surface area contributed by atoms with Crippen LogP contribution in [0.1, 0.15) is 30.7 Å². The molecular weight excluding hydrogens is 381 g/mol. The molecule has 0 amide bonds. The molecule has 6 heteroatoms. The fourth-order valence-corrected chi connectivity index (χ4v) is 3.76. The van der Waals surface area contributed by atoms with Crippen molar-refractivity contribution in [1.82, 2.24) is 9.97 Å². The molecule has 1 aromatic heterocycles. The van der Waals surface area contributed by atoms with E-state index in [1.807, 2.05) is 12.1 Å². The molecule has 0 aliphatic carbocycles. The second-order valence-electron chi connectivity index (χ2n) is 6.71. The minimum Gasteiger partial charge on any atom is -0.372 e. The highest BCUT2D eigenvalue weighted by atomic mass is 35.5. The summed E-state index contributed by atoms with van der Waals surface area (Å²) >= 11 is 12.4. The Bertz CT molecular complexity index is 1050. The van der Waals surface area contributed by atoms with Crippen LogP contribution in [0, 0.1) is 0 Å². The summed E-state index contributed by atoms with van der Waals surface area (Å²) in [5, 5.41) is 1.39. The Morgan fingerprint density at radius 3 is 2.56 bits per heavy atom. The molecule has 3 aromatic rings.